The number of rotatable bonds is 7. The van der Waals surface area contributed by atoms with Crippen molar-refractivity contribution in [1.29, 1.82) is 0 Å². The number of nitrogens with one attached hydrogen (secondary N) is 1. The molecule has 0 aliphatic carbocycles. The Hall–Kier alpha value is -3.16. The molecule has 2 aromatic rings. The van der Waals surface area contributed by atoms with Gasteiger partial charge in [-0.3, -0.25) is 24.3 Å². The molecule has 0 bridgehead atoms. The lowest BCUT2D eigenvalue weighted by atomic mass is 10.3. The summed E-state index contributed by atoms with van der Waals surface area (Å²) in [5.41, 5.74) is -0.726. The van der Waals surface area contributed by atoms with Crippen molar-refractivity contribution in [2.24, 2.45) is 0 Å². The van der Waals surface area contributed by atoms with Crippen LogP contribution in [0.2, 0.25) is 0 Å². The number of carbonyl (C=O) groups excluding carboxylic acids is 1. The third-order valence-corrected chi connectivity index (χ3v) is 2.93. The van der Waals surface area contributed by atoms with Crippen LogP contribution in [0.25, 0.3) is 0 Å². The Balaban J connectivity index is 1.82. The van der Waals surface area contributed by atoms with E-state index in [2.05, 4.69) is 5.32 Å². The largest absolute Gasteiger partial charge is 0.492 e. The van der Waals surface area contributed by atoms with Crippen molar-refractivity contribution in [3.05, 3.63) is 69.1 Å². The van der Waals surface area contributed by atoms with E-state index in [0.29, 0.717) is 5.75 Å². The van der Waals surface area contributed by atoms with Crippen molar-refractivity contribution < 1.29 is 14.5 Å². The van der Waals surface area contributed by atoms with Crippen LogP contribution in [0, 0.1) is 10.1 Å². The monoisotopic (exact) mass is 317 g/mol. The summed E-state index contributed by atoms with van der Waals surface area (Å²) in [7, 11) is 0. The molecule has 1 aromatic heterocycles. The van der Waals surface area contributed by atoms with Gasteiger partial charge in [0.1, 0.15) is 18.9 Å². The summed E-state index contributed by atoms with van der Waals surface area (Å²) in [6.45, 7) is 0.253. The van der Waals surface area contributed by atoms with Gasteiger partial charge in [-0.2, -0.15) is 0 Å². The first kappa shape index (κ1) is 16.2. The highest BCUT2D eigenvalue weighted by atomic mass is 16.6. The Bertz CT molecular complexity index is 742. The highest BCUT2D eigenvalue weighted by molar-refractivity contribution is 5.75. The number of benzene rings is 1. The smallest absolute Gasteiger partial charge is 0.285 e. The van der Waals surface area contributed by atoms with E-state index in [4.69, 9.17) is 4.74 Å². The van der Waals surface area contributed by atoms with Gasteiger partial charge in [0, 0.05) is 12.1 Å². The number of para-hydroxylation sites is 1. The molecule has 0 fully saturated rings. The molecule has 1 amide bonds. The van der Waals surface area contributed by atoms with Crippen molar-refractivity contribution in [3.63, 3.8) is 0 Å². The second-order valence-corrected chi connectivity index (χ2v) is 4.62. The number of pyridine rings is 1. The molecule has 1 aromatic carbocycles. The normalized spacial score (nSPS) is 10.1. The molecule has 8 heteroatoms. The standard InChI is InChI=1S/C15H15N3O5/c19-14(16-8-9-23-13-4-2-1-3-5-13)11-17-10-12(18(21)22)6-7-15(17)20/h1-7,10H,8-9,11H2,(H,16,19). The number of nitro groups is 1. The predicted octanol–water partition coefficient (Wildman–Crippen LogP) is 0.952. The van der Waals surface area contributed by atoms with Crippen LogP contribution in [0.15, 0.2) is 53.5 Å². The van der Waals surface area contributed by atoms with E-state index >= 15 is 0 Å². The summed E-state index contributed by atoms with van der Waals surface area (Å²) in [5, 5.41) is 13.3. The number of aromatic nitrogens is 1. The van der Waals surface area contributed by atoms with Gasteiger partial charge in [0.05, 0.1) is 17.7 Å². The lowest BCUT2D eigenvalue weighted by molar-refractivity contribution is -0.385. The van der Waals surface area contributed by atoms with E-state index in [9.17, 15) is 19.7 Å². The first-order chi connectivity index (χ1) is 11.1. The molecule has 1 N–H and O–H groups in total. The highest BCUT2D eigenvalue weighted by Gasteiger charge is 2.10. The van der Waals surface area contributed by atoms with E-state index in [-0.39, 0.29) is 25.4 Å². The minimum Gasteiger partial charge on any atom is -0.492 e. The minimum atomic E-state index is -0.623. The zero-order chi connectivity index (χ0) is 16.7. The topological polar surface area (TPSA) is 103 Å². The van der Waals surface area contributed by atoms with E-state index in [1.807, 2.05) is 18.2 Å². The summed E-state index contributed by atoms with van der Waals surface area (Å²) in [5.74, 6) is 0.265. The van der Waals surface area contributed by atoms with Crippen LogP contribution in [-0.4, -0.2) is 28.5 Å². The number of amides is 1. The lowest BCUT2D eigenvalue weighted by Crippen LogP contribution is -2.34. The molecule has 0 spiro atoms. The molecule has 2 rings (SSSR count). The molecule has 1 heterocycles. The van der Waals surface area contributed by atoms with Crippen LogP contribution in [0.5, 0.6) is 5.75 Å². The fourth-order valence-corrected chi connectivity index (χ4v) is 1.84. The molecule has 0 radical (unpaired) electrons. The number of nitrogens with zero attached hydrogens (tertiary/aromatic N) is 2. The number of carbonyl (C=O) groups is 1. The number of ether oxygens (including phenoxy) is 1. The number of hydrogen-bond donors (Lipinski definition) is 1. The third-order valence-electron chi connectivity index (χ3n) is 2.93. The van der Waals surface area contributed by atoms with Crippen LogP contribution in [0.3, 0.4) is 0 Å². The summed E-state index contributed by atoms with van der Waals surface area (Å²) in [4.78, 5) is 33.4. The van der Waals surface area contributed by atoms with E-state index in [0.717, 1.165) is 22.9 Å². The van der Waals surface area contributed by atoms with Gasteiger partial charge in [-0.15, -0.1) is 0 Å². The average molecular weight is 317 g/mol. The Morgan fingerprint density at radius 3 is 2.65 bits per heavy atom. The Morgan fingerprint density at radius 1 is 1.22 bits per heavy atom. The van der Waals surface area contributed by atoms with Crippen molar-refractivity contribution in [2.45, 2.75) is 6.54 Å². The van der Waals surface area contributed by atoms with Crippen LogP contribution >= 0.6 is 0 Å². The first-order valence-electron chi connectivity index (χ1n) is 6.85. The van der Waals surface area contributed by atoms with Crippen LogP contribution in [-0.2, 0) is 11.3 Å². The van der Waals surface area contributed by atoms with Crippen molar-refractivity contribution in [3.8, 4) is 5.75 Å². The van der Waals surface area contributed by atoms with Gasteiger partial charge in [-0.05, 0) is 12.1 Å². The van der Waals surface area contributed by atoms with E-state index < -0.39 is 16.4 Å². The Kier molecular flexibility index (Phi) is 5.45. The molecular formula is C15H15N3O5. The SMILES string of the molecule is O=C(Cn1cc([N+](=O)[O-])ccc1=O)NCCOc1ccccc1. The minimum absolute atomic E-state index is 0.246. The lowest BCUT2D eigenvalue weighted by Gasteiger charge is -2.08. The zero-order valence-corrected chi connectivity index (χ0v) is 12.2. The molecule has 0 aliphatic heterocycles. The van der Waals surface area contributed by atoms with Crippen molar-refractivity contribution in [1.82, 2.24) is 9.88 Å². The average Bonchev–Trinajstić information content (AvgIpc) is 2.54. The molecule has 23 heavy (non-hydrogen) atoms. The second-order valence-electron chi connectivity index (χ2n) is 4.62. The molecule has 0 saturated carbocycles. The summed E-state index contributed by atoms with van der Waals surface area (Å²) >= 11 is 0. The highest BCUT2D eigenvalue weighted by Crippen LogP contribution is 2.07. The predicted molar refractivity (Wildman–Crippen MR) is 82.3 cm³/mol. The summed E-state index contributed by atoms with van der Waals surface area (Å²) < 4.78 is 6.40. The van der Waals surface area contributed by atoms with Gasteiger partial charge in [0.25, 0.3) is 11.2 Å². The molecule has 0 atom stereocenters. The maximum absolute atomic E-state index is 11.8. The molecular weight excluding hydrogens is 302 g/mol. The molecule has 0 unspecified atom stereocenters. The number of hydrogen-bond acceptors (Lipinski definition) is 5. The molecule has 0 saturated heterocycles. The van der Waals surface area contributed by atoms with Crippen LogP contribution in [0.1, 0.15) is 0 Å². The maximum atomic E-state index is 11.8. The van der Waals surface area contributed by atoms with Crippen LogP contribution in [0.4, 0.5) is 5.69 Å². The summed E-state index contributed by atoms with van der Waals surface area (Å²) in [6.07, 6.45) is 1.04. The van der Waals surface area contributed by atoms with E-state index in [1.54, 1.807) is 12.1 Å². The third kappa shape index (κ3) is 4.95. The second kappa shape index (κ2) is 7.74. The van der Waals surface area contributed by atoms with Gasteiger partial charge in [0.15, 0.2) is 0 Å². The Morgan fingerprint density at radius 2 is 1.96 bits per heavy atom. The summed E-state index contributed by atoms with van der Waals surface area (Å²) in [6, 6.07) is 11.3. The van der Waals surface area contributed by atoms with Gasteiger partial charge < -0.3 is 10.1 Å². The molecule has 0 aliphatic rings. The molecule has 120 valence electrons. The van der Waals surface area contributed by atoms with Crippen molar-refractivity contribution in [2.75, 3.05) is 13.2 Å². The quantitative estimate of drug-likeness (QED) is 0.465. The first-order valence-corrected chi connectivity index (χ1v) is 6.85. The fraction of sp³-hybridized carbons (Fsp3) is 0.200. The van der Waals surface area contributed by atoms with Gasteiger partial charge in [0.2, 0.25) is 5.91 Å². The van der Waals surface area contributed by atoms with Gasteiger partial charge >= 0.3 is 0 Å². The van der Waals surface area contributed by atoms with Crippen LogP contribution < -0.4 is 15.6 Å². The van der Waals surface area contributed by atoms with E-state index in [1.165, 1.54) is 0 Å². The van der Waals surface area contributed by atoms with Gasteiger partial charge in [-0.1, -0.05) is 18.2 Å². The zero-order valence-electron chi connectivity index (χ0n) is 12.2. The van der Waals surface area contributed by atoms with Crippen molar-refractivity contribution >= 4 is 11.6 Å². The Labute approximate surface area is 131 Å². The van der Waals surface area contributed by atoms with Gasteiger partial charge in [-0.25, -0.2) is 0 Å². The fourth-order valence-electron chi connectivity index (χ4n) is 1.84. The maximum Gasteiger partial charge on any atom is 0.285 e. The molecule has 8 nitrogen and oxygen atoms in total.